The molecule has 102 valence electrons. The van der Waals surface area contributed by atoms with Crippen LogP contribution in [0.3, 0.4) is 0 Å². The van der Waals surface area contributed by atoms with Gasteiger partial charge in [-0.3, -0.25) is 9.59 Å². The third-order valence-electron chi connectivity index (χ3n) is 2.33. The van der Waals surface area contributed by atoms with Gasteiger partial charge in [0.1, 0.15) is 5.75 Å². The maximum absolute atomic E-state index is 10.8. The number of hydrogen-bond donors (Lipinski definition) is 1. The van der Waals surface area contributed by atoms with Crippen molar-refractivity contribution in [3.05, 3.63) is 35.4 Å². The summed E-state index contributed by atoms with van der Waals surface area (Å²) >= 11 is 1.22. The smallest absolute Gasteiger partial charge is 0.307 e. The number of hydrogen-bond acceptors (Lipinski definition) is 4. The lowest BCUT2D eigenvalue weighted by Crippen LogP contribution is -2.00. The number of carboxylic acid groups (broad SMARTS) is 1. The maximum Gasteiger partial charge on any atom is 0.307 e. The van der Waals surface area contributed by atoms with Crippen molar-refractivity contribution in [2.45, 2.75) is 13.3 Å². The molecular weight excluding hydrogens is 264 g/mol. The summed E-state index contributed by atoms with van der Waals surface area (Å²) in [6.07, 6.45) is 3.67. The summed E-state index contributed by atoms with van der Waals surface area (Å²) in [5.41, 5.74) is 1.53. The van der Waals surface area contributed by atoms with E-state index in [0.29, 0.717) is 17.1 Å². The van der Waals surface area contributed by atoms with Gasteiger partial charge in [-0.1, -0.05) is 30.0 Å². The van der Waals surface area contributed by atoms with Crippen LogP contribution in [0.15, 0.2) is 24.3 Å². The zero-order valence-electron chi connectivity index (χ0n) is 10.9. The molecule has 0 amide bonds. The molecule has 0 saturated heterocycles. The van der Waals surface area contributed by atoms with Gasteiger partial charge >= 0.3 is 5.97 Å². The molecule has 19 heavy (non-hydrogen) atoms. The van der Waals surface area contributed by atoms with E-state index in [1.165, 1.54) is 18.7 Å². The zero-order chi connectivity index (χ0) is 14.3. The first-order valence-corrected chi connectivity index (χ1v) is 6.70. The van der Waals surface area contributed by atoms with Crippen molar-refractivity contribution in [3.8, 4) is 5.75 Å². The number of rotatable bonds is 6. The molecular formula is C14H16O4S. The lowest BCUT2D eigenvalue weighted by Gasteiger charge is -2.06. The molecule has 0 aromatic heterocycles. The molecule has 0 heterocycles. The van der Waals surface area contributed by atoms with Crippen molar-refractivity contribution >= 4 is 28.9 Å². The minimum Gasteiger partial charge on any atom is -0.496 e. The standard InChI is InChI=1S/C14H16O4S/c1-10(15)19-7-3-4-12-8-11(9-14(16)17)5-6-13(12)18-2/h3-6,8H,7,9H2,1-2H3,(H,16,17). The van der Waals surface area contributed by atoms with Crippen LogP contribution in [0.1, 0.15) is 18.1 Å². The molecule has 1 N–H and O–H groups in total. The molecule has 0 atom stereocenters. The van der Waals surface area contributed by atoms with Gasteiger partial charge in [0.05, 0.1) is 13.5 Å². The van der Waals surface area contributed by atoms with Crippen LogP contribution in [-0.4, -0.2) is 29.1 Å². The van der Waals surface area contributed by atoms with Gasteiger partial charge in [-0.25, -0.2) is 0 Å². The first kappa shape index (κ1) is 15.3. The van der Waals surface area contributed by atoms with Crippen LogP contribution in [0.4, 0.5) is 0 Å². The van der Waals surface area contributed by atoms with Crippen LogP contribution in [0.25, 0.3) is 6.08 Å². The van der Waals surface area contributed by atoms with Crippen molar-refractivity contribution in [2.75, 3.05) is 12.9 Å². The second-order valence-corrected chi connectivity index (χ2v) is 5.05. The first-order chi connectivity index (χ1) is 9.02. The van der Waals surface area contributed by atoms with Crippen LogP contribution >= 0.6 is 11.8 Å². The van der Waals surface area contributed by atoms with Crippen LogP contribution in [0, 0.1) is 0 Å². The third kappa shape index (κ3) is 5.61. The summed E-state index contributed by atoms with van der Waals surface area (Å²) in [6, 6.07) is 5.26. The Bertz CT molecular complexity index is 494. The minimum atomic E-state index is -0.868. The van der Waals surface area contributed by atoms with E-state index in [-0.39, 0.29) is 11.5 Å². The lowest BCUT2D eigenvalue weighted by molar-refractivity contribution is -0.136. The summed E-state index contributed by atoms with van der Waals surface area (Å²) in [6.45, 7) is 1.52. The van der Waals surface area contributed by atoms with Crippen LogP contribution in [0.2, 0.25) is 0 Å². The van der Waals surface area contributed by atoms with E-state index in [0.717, 1.165) is 5.56 Å². The predicted molar refractivity (Wildman–Crippen MR) is 76.5 cm³/mol. The van der Waals surface area contributed by atoms with Crippen LogP contribution in [-0.2, 0) is 16.0 Å². The Morgan fingerprint density at radius 2 is 2.16 bits per heavy atom. The molecule has 0 bridgehead atoms. The highest BCUT2D eigenvalue weighted by Gasteiger charge is 2.05. The normalized spacial score (nSPS) is 10.6. The van der Waals surface area contributed by atoms with E-state index in [1.54, 1.807) is 25.3 Å². The largest absolute Gasteiger partial charge is 0.496 e. The Hall–Kier alpha value is -1.75. The van der Waals surface area contributed by atoms with Crippen LogP contribution < -0.4 is 4.74 Å². The Balaban J connectivity index is 2.83. The van der Waals surface area contributed by atoms with Gasteiger partial charge in [-0.2, -0.15) is 0 Å². The average Bonchev–Trinajstić information content (AvgIpc) is 2.34. The molecule has 1 aromatic rings. The highest BCUT2D eigenvalue weighted by Crippen LogP contribution is 2.22. The second-order valence-electron chi connectivity index (χ2n) is 3.85. The van der Waals surface area contributed by atoms with Gasteiger partial charge in [0, 0.05) is 18.2 Å². The molecule has 1 aromatic carbocycles. The molecule has 5 heteroatoms. The van der Waals surface area contributed by atoms with Crippen molar-refractivity contribution in [2.24, 2.45) is 0 Å². The topological polar surface area (TPSA) is 63.6 Å². The van der Waals surface area contributed by atoms with Gasteiger partial charge in [0.15, 0.2) is 5.12 Å². The number of benzene rings is 1. The summed E-state index contributed by atoms with van der Waals surface area (Å²) < 4.78 is 5.21. The maximum atomic E-state index is 10.8. The van der Waals surface area contributed by atoms with Gasteiger partial charge in [0.25, 0.3) is 0 Å². The monoisotopic (exact) mass is 280 g/mol. The van der Waals surface area contributed by atoms with E-state index in [9.17, 15) is 9.59 Å². The molecule has 0 unspecified atom stereocenters. The zero-order valence-corrected chi connectivity index (χ0v) is 11.7. The van der Waals surface area contributed by atoms with Gasteiger partial charge in [0.2, 0.25) is 0 Å². The Morgan fingerprint density at radius 3 is 2.74 bits per heavy atom. The van der Waals surface area contributed by atoms with E-state index in [1.807, 2.05) is 12.2 Å². The Labute approximate surface area is 116 Å². The molecule has 0 aliphatic rings. The van der Waals surface area contributed by atoms with E-state index < -0.39 is 5.97 Å². The fourth-order valence-electron chi connectivity index (χ4n) is 1.54. The van der Waals surface area contributed by atoms with Crippen molar-refractivity contribution in [3.63, 3.8) is 0 Å². The molecule has 1 rings (SSSR count). The summed E-state index contributed by atoms with van der Waals surface area (Å²) in [7, 11) is 1.56. The van der Waals surface area contributed by atoms with Gasteiger partial charge < -0.3 is 9.84 Å². The molecule has 0 aliphatic carbocycles. The van der Waals surface area contributed by atoms with Crippen molar-refractivity contribution in [1.29, 1.82) is 0 Å². The summed E-state index contributed by atoms with van der Waals surface area (Å²) in [4.78, 5) is 21.5. The Kier molecular flexibility index (Phi) is 6.15. The molecule has 4 nitrogen and oxygen atoms in total. The molecule has 0 saturated carbocycles. The number of ether oxygens (including phenoxy) is 1. The fourth-order valence-corrected chi connectivity index (χ4v) is 1.97. The predicted octanol–water partition coefficient (Wildman–Crippen LogP) is 2.62. The SMILES string of the molecule is COc1ccc(CC(=O)O)cc1C=CCSC(C)=O. The number of carbonyl (C=O) groups is 2. The minimum absolute atomic E-state index is 0.0208. The quantitative estimate of drug-likeness (QED) is 0.867. The third-order valence-corrected chi connectivity index (χ3v) is 3.10. The highest BCUT2D eigenvalue weighted by molar-refractivity contribution is 8.13. The van der Waals surface area contributed by atoms with Crippen molar-refractivity contribution in [1.82, 2.24) is 0 Å². The van der Waals surface area contributed by atoms with Gasteiger partial charge in [-0.05, 0) is 17.7 Å². The summed E-state index contributed by atoms with van der Waals surface area (Å²) in [5, 5.41) is 8.84. The number of aliphatic carboxylic acids is 1. The number of carboxylic acids is 1. The fraction of sp³-hybridized carbons (Fsp3) is 0.286. The first-order valence-electron chi connectivity index (χ1n) is 5.71. The van der Waals surface area contributed by atoms with E-state index in [4.69, 9.17) is 9.84 Å². The molecule has 0 aliphatic heterocycles. The molecule has 0 fully saturated rings. The summed E-state index contributed by atoms with van der Waals surface area (Å²) in [5.74, 6) is 0.396. The Morgan fingerprint density at radius 1 is 1.42 bits per heavy atom. The highest BCUT2D eigenvalue weighted by atomic mass is 32.2. The molecule has 0 spiro atoms. The lowest BCUT2D eigenvalue weighted by atomic mass is 10.1. The number of thioether (sulfide) groups is 1. The van der Waals surface area contributed by atoms with Gasteiger partial charge in [-0.15, -0.1) is 0 Å². The van der Waals surface area contributed by atoms with E-state index >= 15 is 0 Å². The second kappa shape index (κ2) is 7.63. The molecule has 0 radical (unpaired) electrons. The average molecular weight is 280 g/mol. The van der Waals surface area contributed by atoms with Crippen molar-refractivity contribution < 1.29 is 19.4 Å². The van der Waals surface area contributed by atoms with Crippen LogP contribution in [0.5, 0.6) is 5.75 Å². The van der Waals surface area contributed by atoms with E-state index in [2.05, 4.69) is 0 Å². The number of methoxy groups -OCH3 is 1. The number of carbonyl (C=O) groups excluding carboxylic acids is 1.